The van der Waals surface area contributed by atoms with Gasteiger partial charge in [0.2, 0.25) is 12.7 Å². The van der Waals surface area contributed by atoms with Crippen molar-refractivity contribution in [2.75, 3.05) is 17.4 Å². The predicted molar refractivity (Wildman–Crippen MR) is 87.8 cm³/mol. The van der Waals surface area contributed by atoms with Gasteiger partial charge < -0.3 is 20.1 Å². The smallest absolute Gasteiger partial charge is 0.231 e. The number of hydrogen-bond acceptors (Lipinski definition) is 6. The molecular formula is C17H20N4O2. The Morgan fingerprint density at radius 3 is 2.87 bits per heavy atom. The average Bonchev–Trinajstić information content (AvgIpc) is 3.24. The topological polar surface area (TPSA) is 68.3 Å². The number of benzene rings is 1. The van der Waals surface area contributed by atoms with Crippen LogP contribution >= 0.6 is 0 Å². The van der Waals surface area contributed by atoms with E-state index < -0.39 is 0 Å². The van der Waals surface area contributed by atoms with Crippen LogP contribution < -0.4 is 20.1 Å². The van der Waals surface area contributed by atoms with Crippen molar-refractivity contribution in [3.05, 3.63) is 36.0 Å². The molecule has 2 aromatic rings. The van der Waals surface area contributed by atoms with Gasteiger partial charge in [0.25, 0.3) is 0 Å². The zero-order valence-corrected chi connectivity index (χ0v) is 12.9. The van der Waals surface area contributed by atoms with Gasteiger partial charge in [0.05, 0.1) is 0 Å². The maximum atomic E-state index is 5.39. The van der Waals surface area contributed by atoms with Gasteiger partial charge in [-0.15, -0.1) is 0 Å². The number of nitrogens with one attached hydrogen (secondary N) is 2. The molecule has 0 unspecified atom stereocenters. The van der Waals surface area contributed by atoms with E-state index >= 15 is 0 Å². The van der Waals surface area contributed by atoms with E-state index in [4.69, 9.17) is 9.47 Å². The second kappa shape index (κ2) is 6.32. The Kier molecular flexibility index (Phi) is 3.88. The summed E-state index contributed by atoms with van der Waals surface area (Å²) in [7, 11) is 0. The lowest BCUT2D eigenvalue weighted by atomic mass is 10.2. The zero-order valence-electron chi connectivity index (χ0n) is 12.9. The molecule has 0 radical (unpaired) electrons. The molecule has 4 rings (SSSR count). The average molecular weight is 312 g/mol. The predicted octanol–water partition coefficient (Wildman–Crippen LogP) is 3.17. The number of ether oxygens (including phenoxy) is 2. The second-order valence-electron chi connectivity index (χ2n) is 5.93. The Balaban J connectivity index is 1.38. The Bertz CT molecular complexity index is 686. The summed E-state index contributed by atoms with van der Waals surface area (Å²) in [6, 6.07) is 8.39. The first-order chi connectivity index (χ1) is 11.4. The number of fused-ring (bicyclic) bond motifs is 1. The molecule has 1 aromatic carbocycles. The van der Waals surface area contributed by atoms with Crippen molar-refractivity contribution in [2.45, 2.75) is 38.3 Å². The number of nitrogens with zero attached hydrogens (tertiary/aromatic N) is 2. The lowest BCUT2D eigenvalue weighted by Gasteiger charge is -2.13. The third kappa shape index (κ3) is 3.31. The molecular weight excluding hydrogens is 292 g/mol. The van der Waals surface area contributed by atoms with Crippen molar-refractivity contribution in [1.82, 2.24) is 9.97 Å². The number of aromatic nitrogens is 2. The van der Waals surface area contributed by atoms with Crippen molar-refractivity contribution >= 4 is 11.8 Å². The van der Waals surface area contributed by atoms with Gasteiger partial charge >= 0.3 is 0 Å². The molecule has 1 aromatic heterocycles. The first-order valence-electron chi connectivity index (χ1n) is 8.09. The molecule has 23 heavy (non-hydrogen) atoms. The molecule has 0 bridgehead atoms. The molecule has 0 atom stereocenters. The molecule has 0 amide bonds. The molecule has 2 N–H and O–H groups in total. The van der Waals surface area contributed by atoms with Crippen LogP contribution in [0.4, 0.5) is 11.8 Å². The summed E-state index contributed by atoms with van der Waals surface area (Å²) >= 11 is 0. The number of hydrogen-bond donors (Lipinski definition) is 2. The van der Waals surface area contributed by atoms with E-state index in [-0.39, 0.29) is 0 Å². The number of anilines is 2. The van der Waals surface area contributed by atoms with Gasteiger partial charge in [-0.1, -0.05) is 18.9 Å². The minimum absolute atomic E-state index is 0.296. The van der Waals surface area contributed by atoms with Gasteiger partial charge in [-0.3, -0.25) is 0 Å². The van der Waals surface area contributed by atoms with Crippen LogP contribution in [0.5, 0.6) is 11.5 Å². The van der Waals surface area contributed by atoms with Crippen LogP contribution in [0.2, 0.25) is 0 Å². The molecule has 1 aliphatic heterocycles. The minimum atomic E-state index is 0.296. The van der Waals surface area contributed by atoms with Gasteiger partial charge in [0.15, 0.2) is 11.5 Å². The fourth-order valence-corrected chi connectivity index (χ4v) is 3.04. The van der Waals surface area contributed by atoms with E-state index in [0.29, 0.717) is 25.3 Å². The van der Waals surface area contributed by atoms with E-state index in [1.807, 2.05) is 24.3 Å². The van der Waals surface area contributed by atoms with Crippen LogP contribution in [-0.4, -0.2) is 22.8 Å². The summed E-state index contributed by atoms with van der Waals surface area (Å²) in [5, 5.41) is 6.74. The molecule has 1 aliphatic carbocycles. The van der Waals surface area contributed by atoms with E-state index in [0.717, 1.165) is 22.9 Å². The summed E-state index contributed by atoms with van der Waals surface area (Å²) in [4.78, 5) is 8.82. The summed E-state index contributed by atoms with van der Waals surface area (Å²) in [6.45, 7) is 0.938. The van der Waals surface area contributed by atoms with Crippen LogP contribution in [0, 0.1) is 0 Å². The Hall–Kier alpha value is -2.50. The van der Waals surface area contributed by atoms with E-state index in [9.17, 15) is 0 Å². The Morgan fingerprint density at radius 1 is 1.09 bits per heavy atom. The Morgan fingerprint density at radius 2 is 1.96 bits per heavy atom. The van der Waals surface area contributed by atoms with Crippen LogP contribution in [0.15, 0.2) is 30.5 Å². The molecule has 2 heterocycles. The van der Waals surface area contributed by atoms with Crippen LogP contribution in [0.3, 0.4) is 0 Å². The fourth-order valence-electron chi connectivity index (χ4n) is 3.04. The molecule has 1 fully saturated rings. The molecule has 6 heteroatoms. The highest BCUT2D eigenvalue weighted by atomic mass is 16.7. The standard InChI is InChI=1S/C17H20N4O2/c1-2-4-13(3-1)20-16-7-8-18-17(21-16)19-10-12-5-6-14-15(9-12)23-11-22-14/h5-9,13H,1-4,10-11H2,(H2,18,19,20,21). The normalized spacial score (nSPS) is 16.5. The van der Waals surface area contributed by atoms with Crippen LogP contribution in [0.25, 0.3) is 0 Å². The van der Waals surface area contributed by atoms with Crippen molar-refractivity contribution in [2.24, 2.45) is 0 Å². The zero-order chi connectivity index (χ0) is 15.5. The van der Waals surface area contributed by atoms with E-state index in [1.165, 1.54) is 25.7 Å². The maximum Gasteiger partial charge on any atom is 0.231 e. The first-order valence-corrected chi connectivity index (χ1v) is 8.09. The van der Waals surface area contributed by atoms with Gasteiger partial charge in [0, 0.05) is 18.8 Å². The largest absolute Gasteiger partial charge is 0.454 e. The lowest BCUT2D eigenvalue weighted by molar-refractivity contribution is 0.174. The molecule has 0 spiro atoms. The van der Waals surface area contributed by atoms with Crippen molar-refractivity contribution in [3.8, 4) is 11.5 Å². The number of rotatable bonds is 5. The lowest BCUT2D eigenvalue weighted by Crippen LogP contribution is -2.16. The van der Waals surface area contributed by atoms with Crippen molar-refractivity contribution < 1.29 is 9.47 Å². The maximum absolute atomic E-state index is 5.39. The van der Waals surface area contributed by atoms with Crippen molar-refractivity contribution in [1.29, 1.82) is 0 Å². The van der Waals surface area contributed by atoms with Gasteiger partial charge in [-0.05, 0) is 36.6 Å². The van der Waals surface area contributed by atoms with Crippen molar-refractivity contribution in [3.63, 3.8) is 0 Å². The Labute approximate surface area is 135 Å². The van der Waals surface area contributed by atoms with Gasteiger partial charge in [-0.25, -0.2) is 4.98 Å². The van der Waals surface area contributed by atoms with Crippen LogP contribution in [-0.2, 0) is 6.54 Å². The van der Waals surface area contributed by atoms with E-state index in [1.54, 1.807) is 6.20 Å². The third-order valence-corrected chi connectivity index (χ3v) is 4.25. The second-order valence-corrected chi connectivity index (χ2v) is 5.93. The third-order valence-electron chi connectivity index (χ3n) is 4.25. The highest BCUT2D eigenvalue weighted by Gasteiger charge is 2.15. The molecule has 0 saturated heterocycles. The summed E-state index contributed by atoms with van der Waals surface area (Å²) in [5.74, 6) is 3.11. The SMILES string of the molecule is c1cc(NC2CCCC2)nc(NCc2ccc3c(c2)OCO3)n1. The fraction of sp³-hybridized carbons (Fsp3) is 0.412. The highest BCUT2D eigenvalue weighted by Crippen LogP contribution is 2.32. The van der Waals surface area contributed by atoms with Crippen LogP contribution in [0.1, 0.15) is 31.2 Å². The highest BCUT2D eigenvalue weighted by molar-refractivity contribution is 5.46. The molecule has 2 aliphatic rings. The molecule has 120 valence electrons. The summed E-state index contributed by atoms with van der Waals surface area (Å²) < 4.78 is 10.7. The summed E-state index contributed by atoms with van der Waals surface area (Å²) in [5.41, 5.74) is 1.10. The quantitative estimate of drug-likeness (QED) is 0.884. The summed E-state index contributed by atoms with van der Waals surface area (Å²) in [6.07, 6.45) is 6.84. The molecule has 6 nitrogen and oxygen atoms in total. The van der Waals surface area contributed by atoms with Gasteiger partial charge in [-0.2, -0.15) is 4.98 Å². The van der Waals surface area contributed by atoms with E-state index in [2.05, 4.69) is 20.6 Å². The minimum Gasteiger partial charge on any atom is -0.454 e. The first kappa shape index (κ1) is 14.1. The monoisotopic (exact) mass is 312 g/mol. The molecule has 1 saturated carbocycles. The van der Waals surface area contributed by atoms with Gasteiger partial charge in [0.1, 0.15) is 5.82 Å².